The number of nitrogens with zero attached hydrogens (tertiary/aromatic N) is 4. The molecule has 0 saturated heterocycles. The number of amides is 2. The first-order valence-corrected chi connectivity index (χ1v) is 11.5. The highest BCUT2D eigenvalue weighted by Crippen LogP contribution is 2.34. The van der Waals surface area contributed by atoms with E-state index >= 15 is 0 Å². The van der Waals surface area contributed by atoms with Gasteiger partial charge in [0.1, 0.15) is 11.4 Å². The van der Waals surface area contributed by atoms with Crippen LogP contribution in [0.25, 0.3) is 11.1 Å². The lowest BCUT2D eigenvalue weighted by atomic mass is 9.99. The minimum absolute atomic E-state index is 0.136. The molecule has 2 amide bonds. The molecule has 1 N–H and O–H groups in total. The Balaban J connectivity index is 1.35. The maximum Gasteiger partial charge on any atom is 0.273 e. The van der Waals surface area contributed by atoms with Crippen molar-refractivity contribution in [2.24, 2.45) is 0 Å². The molecule has 0 atom stereocenters. The zero-order valence-electron chi connectivity index (χ0n) is 18.6. The van der Waals surface area contributed by atoms with Gasteiger partial charge in [0.2, 0.25) is 0 Å². The molecule has 1 aliphatic heterocycles. The van der Waals surface area contributed by atoms with E-state index in [1.807, 2.05) is 37.3 Å². The number of rotatable bonds is 5. The Morgan fingerprint density at radius 2 is 1.88 bits per heavy atom. The molecule has 34 heavy (non-hydrogen) atoms. The highest BCUT2D eigenvalue weighted by molar-refractivity contribution is 7.16. The van der Waals surface area contributed by atoms with Gasteiger partial charge in [-0.25, -0.2) is 4.98 Å². The van der Waals surface area contributed by atoms with Crippen LogP contribution in [0, 0.1) is 6.92 Å². The molecule has 0 saturated carbocycles. The Labute approximate surface area is 200 Å². The number of hydrogen-bond donors (Lipinski definition) is 1. The van der Waals surface area contributed by atoms with Gasteiger partial charge in [0.15, 0.2) is 5.13 Å². The molecular weight excluding hydrogens is 450 g/mol. The monoisotopic (exact) mass is 471 g/mol. The van der Waals surface area contributed by atoms with Gasteiger partial charge in [-0.2, -0.15) is 0 Å². The van der Waals surface area contributed by atoms with Gasteiger partial charge in [-0.05, 0) is 31.2 Å². The Morgan fingerprint density at radius 3 is 2.65 bits per heavy atom. The van der Waals surface area contributed by atoms with Gasteiger partial charge in [-0.3, -0.25) is 24.9 Å². The number of ether oxygens (including phenoxy) is 1. The van der Waals surface area contributed by atoms with Crippen LogP contribution >= 0.6 is 11.3 Å². The van der Waals surface area contributed by atoms with Crippen molar-refractivity contribution >= 4 is 28.3 Å². The standard InChI is InChI=1S/C25H21N5O3S/c1-15-11-17(16-7-3-4-9-21(16)33-2)18(12-27-15)23(31)29-25-28-20-13-30(14-22(20)34-25)24(32)19-8-5-6-10-26-19/h3-12H,13-14H2,1-2H3,(H,28,29,31). The molecule has 1 aliphatic rings. The number of methoxy groups -OCH3 is 1. The zero-order valence-corrected chi connectivity index (χ0v) is 19.4. The second-order valence-corrected chi connectivity index (χ2v) is 8.87. The van der Waals surface area contributed by atoms with Gasteiger partial charge < -0.3 is 9.64 Å². The maximum absolute atomic E-state index is 13.2. The van der Waals surface area contributed by atoms with Gasteiger partial charge in [0.05, 0.1) is 36.3 Å². The minimum atomic E-state index is -0.303. The summed E-state index contributed by atoms with van der Waals surface area (Å²) in [6.07, 6.45) is 3.17. The quantitative estimate of drug-likeness (QED) is 0.465. The van der Waals surface area contributed by atoms with Crippen molar-refractivity contribution in [3.63, 3.8) is 0 Å². The molecule has 8 nitrogen and oxygen atoms in total. The van der Waals surface area contributed by atoms with E-state index in [4.69, 9.17) is 4.74 Å². The van der Waals surface area contributed by atoms with Crippen molar-refractivity contribution in [2.75, 3.05) is 12.4 Å². The Hall–Kier alpha value is -4.11. The number of para-hydroxylation sites is 1. The van der Waals surface area contributed by atoms with Crippen molar-refractivity contribution in [1.29, 1.82) is 0 Å². The fourth-order valence-electron chi connectivity index (χ4n) is 3.88. The smallest absolute Gasteiger partial charge is 0.273 e. The van der Waals surface area contributed by atoms with Gasteiger partial charge in [0, 0.05) is 29.2 Å². The number of aromatic nitrogens is 3. The van der Waals surface area contributed by atoms with E-state index in [9.17, 15) is 9.59 Å². The molecule has 0 radical (unpaired) electrons. The van der Waals surface area contributed by atoms with Gasteiger partial charge >= 0.3 is 0 Å². The molecule has 3 aromatic heterocycles. The van der Waals surface area contributed by atoms with Crippen molar-refractivity contribution in [3.8, 4) is 16.9 Å². The Bertz CT molecular complexity index is 1360. The van der Waals surface area contributed by atoms with Crippen LogP contribution in [0.3, 0.4) is 0 Å². The third-order valence-corrected chi connectivity index (χ3v) is 6.53. The van der Waals surface area contributed by atoms with E-state index in [2.05, 4.69) is 20.3 Å². The molecule has 0 aliphatic carbocycles. The molecule has 0 spiro atoms. The van der Waals surface area contributed by atoms with E-state index < -0.39 is 0 Å². The number of nitrogens with one attached hydrogen (secondary N) is 1. The highest BCUT2D eigenvalue weighted by atomic mass is 32.1. The van der Waals surface area contributed by atoms with Crippen LogP contribution in [0.5, 0.6) is 5.75 Å². The van der Waals surface area contributed by atoms with E-state index in [-0.39, 0.29) is 11.8 Å². The maximum atomic E-state index is 13.2. The third kappa shape index (κ3) is 4.13. The second-order valence-electron chi connectivity index (χ2n) is 7.79. The summed E-state index contributed by atoms with van der Waals surface area (Å²) in [4.78, 5) is 41.5. The predicted molar refractivity (Wildman–Crippen MR) is 129 cm³/mol. The number of hydrogen-bond acceptors (Lipinski definition) is 7. The van der Waals surface area contributed by atoms with Crippen molar-refractivity contribution in [2.45, 2.75) is 20.0 Å². The number of fused-ring (bicyclic) bond motifs is 1. The van der Waals surface area contributed by atoms with E-state index in [1.54, 1.807) is 42.6 Å². The van der Waals surface area contributed by atoms with E-state index in [0.29, 0.717) is 35.2 Å². The number of thiazole rings is 1. The molecule has 9 heteroatoms. The molecular formula is C25H21N5O3S. The first kappa shape index (κ1) is 21.7. The minimum Gasteiger partial charge on any atom is -0.496 e. The average Bonchev–Trinajstić information content (AvgIpc) is 3.42. The third-order valence-electron chi connectivity index (χ3n) is 5.53. The first-order valence-electron chi connectivity index (χ1n) is 10.6. The van der Waals surface area contributed by atoms with Gasteiger partial charge in [-0.1, -0.05) is 35.6 Å². The molecule has 170 valence electrons. The number of anilines is 1. The summed E-state index contributed by atoms with van der Waals surface area (Å²) in [5.74, 6) is 0.235. The number of aryl methyl sites for hydroxylation is 1. The summed E-state index contributed by atoms with van der Waals surface area (Å²) in [5, 5.41) is 3.39. The van der Waals surface area contributed by atoms with Crippen LogP contribution in [0.2, 0.25) is 0 Å². The lowest BCUT2D eigenvalue weighted by Gasteiger charge is -2.15. The van der Waals surface area contributed by atoms with Crippen LogP contribution in [0.15, 0.2) is 60.9 Å². The Kier molecular flexibility index (Phi) is 5.77. The van der Waals surface area contributed by atoms with Crippen molar-refractivity contribution < 1.29 is 14.3 Å². The predicted octanol–water partition coefficient (Wildman–Crippen LogP) is 4.33. The number of benzene rings is 1. The number of carbonyl (C=O) groups excluding carboxylic acids is 2. The van der Waals surface area contributed by atoms with Gasteiger partial charge in [0.25, 0.3) is 11.8 Å². The van der Waals surface area contributed by atoms with E-state index in [1.165, 1.54) is 11.3 Å². The number of carbonyl (C=O) groups is 2. The molecule has 0 fully saturated rings. The van der Waals surface area contributed by atoms with E-state index in [0.717, 1.165) is 27.4 Å². The van der Waals surface area contributed by atoms with Crippen LogP contribution in [0.4, 0.5) is 5.13 Å². The van der Waals surface area contributed by atoms with Crippen LogP contribution in [-0.2, 0) is 13.1 Å². The van der Waals surface area contributed by atoms with Crippen molar-refractivity contribution in [1.82, 2.24) is 19.9 Å². The van der Waals surface area contributed by atoms with Gasteiger partial charge in [-0.15, -0.1) is 0 Å². The van der Waals surface area contributed by atoms with Crippen LogP contribution in [-0.4, -0.2) is 38.8 Å². The largest absolute Gasteiger partial charge is 0.496 e. The zero-order chi connectivity index (χ0) is 23.7. The fourth-order valence-corrected chi connectivity index (χ4v) is 4.87. The van der Waals surface area contributed by atoms with Crippen molar-refractivity contribution in [3.05, 3.63) is 88.4 Å². The molecule has 4 heterocycles. The highest BCUT2D eigenvalue weighted by Gasteiger charge is 2.29. The van der Waals surface area contributed by atoms with Crippen LogP contribution < -0.4 is 10.1 Å². The number of pyridine rings is 2. The fraction of sp³-hybridized carbons (Fsp3) is 0.160. The topological polar surface area (TPSA) is 97.3 Å². The summed E-state index contributed by atoms with van der Waals surface area (Å²) in [5.41, 5.74) is 3.96. The summed E-state index contributed by atoms with van der Waals surface area (Å²) in [6, 6.07) is 14.7. The molecule has 5 rings (SSSR count). The molecule has 1 aromatic carbocycles. The summed E-state index contributed by atoms with van der Waals surface area (Å²) in [7, 11) is 1.60. The molecule has 0 unspecified atom stereocenters. The first-order chi connectivity index (χ1) is 16.5. The second kappa shape index (κ2) is 9.03. The van der Waals surface area contributed by atoms with Crippen LogP contribution in [0.1, 0.15) is 37.1 Å². The Morgan fingerprint density at radius 1 is 1.06 bits per heavy atom. The normalized spacial score (nSPS) is 12.4. The SMILES string of the molecule is COc1ccccc1-c1cc(C)ncc1C(=O)Nc1nc2c(s1)CN(C(=O)c1ccccn1)C2. The lowest BCUT2D eigenvalue weighted by Crippen LogP contribution is -2.26. The average molecular weight is 472 g/mol. The lowest BCUT2D eigenvalue weighted by molar-refractivity contribution is 0.0744. The summed E-state index contributed by atoms with van der Waals surface area (Å²) in [6.45, 7) is 2.70. The summed E-state index contributed by atoms with van der Waals surface area (Å²) < 4.78 is 5.50. The summed E-state index contributed by atoms with van der Waals surface area (Å²) >= 11 is 1.37. The molecule has 4 aromatic rings. The molecule has 0 bridgehead atoms.